The van der Waals surface area contributed by atoms with Gasteiger partial charge >= 0.3 is 0 Å². The second kappa shape index (κ2) is 6.83. The van der Waals surface area contributed by atoms with Crippen LogP contribution in [0.5, 0.6) is 17.2 Å². The fourth-order valence-corrected chi connectivity index (χ4v) is 2.23. The molecule has 0 spiro atoms. The van der Waals surface area contributed by atoms with E-state index in [1.54, 1.807) is 0 Å². The lowest BCUT2D eigenvalue weighted by atomic mass is 10.2. The van der Waals surface area contributed by atoms with E-state index in [1.807, 2.05) is 49.4 Å². The van der Waals surface area contributed by atoms with Crippen LogP contribution in [0.25, 0.3) is 0 Å². The van der Waals surface area contributed by atoms with Gasteiger partial charge in [0.05, 0.1) is 11.6 Å². The van der Waals surface area contributed by atoms with Gasteiger partial charge < -0.3 is 9.47 Å². The average Bonchev–Trinajstić information content (AvgIpc) is 2.43. The van der Waals surface area contributed by atoms with Crippen LogP contribution in [-0.2, 0) is 5.33 Å². The molecule has 0 amide bonds. The molecule has 0 aliphatic rings. The van der Waals surface area contributed by atoms with Crippen molar-refractivity contribution in [1.82, 2.24) is 0 Å². The summed E-state index contributed by atoms with van der Waals surface area (Å²) >= 11 is 9.60. The molecule has 0 unspecified atom stereocenters. The zero-order chi connectivity index (χ0) is 13.7. The first kappa shape index (κ1) is 14.2. The Morgan fingerprint density at radius 2 is 1.79 bits per heavy atom. The summed E-state index contributed by atoms with van der Waals surface area (Å²) in [5.74, 6) is 2.00. The van der Waals surface area contributed by atoms with Crippen molar-refractivity contribution in [3.63, 3.8) is 0 Å². The van der Waals surface area contributed by atoms with Crippen molar-refractivity contribution in [2.45, 2.75) is 12.3 Å². The molecule has 0 fully saturated rings. The number of hydrogen-bond donors (Lipinski definition) is 0. The van der Waals surface area contributed by atoms with Crippen molar-refractivity contribution in [2.75, 3.05) is 6.61 Å². The zero-order valence-corrected chi connectivity index (χ0v) is 12.9. The number of ether oxygens (including phenoxy) is 2. The largest absolute Gasteiger partial charge is 0.490 e. The molecular formula is C15H14BrClO2. The highest BCUT2D eigenvalue weighted by Gasteiger charge is 2.08. The maximum Gasteiger partial charge on any atom is 0.169 e. The summed E-state index contributed by atoms with van der Waals surface area (Å²) in [6.45, 7) is 2.53. The maximum absolute atomic E-state index is 6.20. The monoisotopic (exact) mass is 340 g/mol. The molecule has 0 atom stereocenters. The smallest absolute Gasteiger partial charge is 0.169 e. The third kappa shape index (κ3) is 3.64. The third-order valence-corrected chi connectivity index (χ3v) is 3.46. The maximum atomic E-state index is 6.20. The lowest BCUT2D eigenvalue weighted by Crippen LogP contribution is -1.95. The van der Waals surface area contributed by atoms with E-state index in [0.717, 1.165) is 10.9 Å². The van der Waals surface area contributed by atoms with E-state index in [0.29, 0.717) is 28.9 Å². The van der Waals surface area contributed by atoms with Gasteiger partial charge in [-0.3, -0.25) is 0 Å². The summed E-state index contributed by atoms with van der Waals surface area (Å²) in [7, 11) is 0. The van der Waals surface area contributed by atoms with Crippen LogP contribution < -0.4 is 9.47 Å². The second-order valence-corrected chi connectivity index (χ2v) is 4.85. The highest BCUT2D eigenvalue weighted by molar-refractivity contribution is 9.08. The Balaban J connectivity index is 2.26. The van der Waals surface area contributed by atoms with Crippen LogP contribution in [0, 0.1) is 0 Å². The van der Waals surface area contributed by atoms with Crippen LogP contribution in [0.4, 0.5) is 0 Å². The van der Waals surface area contributed by atoms with Gasteiger partial charge in [0.2, 0.25) is 0 Å². The van der Waals surface area contributed by atoms with E-state index in [4.69, 9.17) is 21.1 Å². The number of para-hydroxylation sites is 2. The molecule has 19 heavy (non-hydrogen) atoms. The van der Waals surface area contributed by atoms with Crippen molar-refractivity contribution in [3.05, 3.63) is 53.1 Å². The van der Waals surface area contributed by atoms with Crippen molar-refractivity contribution >= 4 is 27.5 Å². The molecular weight excluding hydrogens is 328 g/mol. The Labute approximate surface area is 126 Å². The minimum absolute atomic E-state index is 0.586. The Bertz CT molecular complexity index is 558. The lowest BCUT2D eigenvalue weighted by molar-refractivity contribution is 0.321. The number of rotatable bonds is 5. The van der Waals surface area contributed by atoms with E-state index in [2.05, 4.69) is 15.9 Å². The standard InChI is InChI=1S/C15H14BrClO2/c1-2-18-14-5-3-4-6-15(14)19-13-8-7-11(10-16)9-12(13)17/h3-9H,2,10H2,1H3. The van der Waals surface area contributed by atoms with Gasteiger partial charge in [-0.05, 0) is 36.8 Å². The minimum atomic E-state index is 0.586. The fraction of sp³-hybridized carbons (Fsp3) is 0.200. The molecule has 0 aromatic heterocycles. The summed E-state index contributed by atoms with van der Waals surface area (Å²) in [6, 6.07) is 13.3. The van der Waals surface area contributed by atoms with Gasteiger partial charge in [-0.15, -0.1) is 0 Å². The molecule has 2 rings (SSSR count). The Hall–Kier alpha value is -1.19. The van der Waals surface area contributed by atoms with Crippen molar-refractivity contribution in [3.8, 4) is 17.2 Å². The topological polar surface area (TPSA) is 18.5 Å². The number of hydrogen-bond acceptors (Lipinski definition) is 2. The van der Waals surface area contributed by atoms with E-state index < -0.39 is 0 Å². The fourth-order valence-electron chi connectivity index (χ4n) is 1.64. The van der Waals surface area contributed by atoms with E-state index in [9.17, 15) is 0 Å². The first-order valence-electron chi connectivity index (χ1n) is 5.98. The van der Waals surface area contributed by atoms with Crippen LogP contribution in [-0.4, -0.2) is 6.61 Å². The Morgan fingerprint density at radius 1 is 1.05 bits per heavy atom. The SMILES string of the molecule is CCOc1ccccc1Oc1ccc(CBr)cc1Cl. The molecule has 0 aliphatic heterocycles. The Morgan fingerprint density at radius 3 is 2.42 bits per heavy atom. The summed E-state index contributed by atoms with van der Waals surface area (Å²) in [6.07, 6.45) is 0. The van der Waals surface area contributed by atoms with E-state index >= 15 is 0 Å². The van der Waals surface area contributed by atoms with Gasteiger partial charge in [0, 0.05) is 5.33 Å². The van der Waals surface area contributed by atoms with Gasteiger partial charge in [0.15, 0.2) is 11.5 Å². The van der Waals surface area contributed by atoms with Crippen LogP contribution >= 0.6 is 27.5 Å². The molecule has 0 aliphatic carbocycles. The summed E-state index contributed by atoms with van der Waals surface area (Å²) in [4.78, 5) is 0. The van der Waals surface area contributed by atoms with Crippen molar-refractivity contribution in [1.29, 1.82) is 0 Å². The first-order chi connectivity index (χ1) is 9.24. The molecule has 2 aromatic rings. The van der Waals surface area contributed by atoms with Crippen LogP contribution in [0.1, 0.15) is 12.5 Å². The number of benzene rings is 2. The summed E-state index contributed by atoms with van der Waals surface area (Å²) < 4.78 is 11.3. The lowest BCUT2D eigenvalue weighted by Gasteiger charge is -2.12. The number of halogens is 2. The molecule has 0 saturated heterocycles. The Kier molecular flexibility index (Phi) is 5.11. The van der Waals surface area contributed by atoms with Gasteiger partial charge in [-0.2, -0.15) is 0 Å². The van der Waals surface area contributed by atoms with Gasteiger partial charge in [0.1, 0.15) is 5.75 Å². The molecule has 0 radical (unpaired) electrons. The normalized spacial score (nSPS) is 10.3. The highest BCUT2D eigenvalue weighted by Crippen LogP contribution is 2.35. The van der Waals surface area contributed by atoms with Gasteiger partial charge in [-0.1, -0.05) is 45.7 Å². The van der Waals surface area contributed by atoms with Gasteiger partial charge in [-0.25, -0.2) is 0 Å². The molecule has 2 aromatic carbocycles. The molecule has 0 bridgehead atoms. The van der Waals surface area contributed by atoms with Crippen molar-refractivity contribution in [2.24, 2.45) is 0 Å². The zero-order valence-electron chi connectivity index (χ0n) is 10.5. The molecule has 0 saturated carbocycles. The first-order valence-corrected chi connectivity index (χ1v) is 7.48. The van der Waals surface area contributed by atoms with Crippen LogP contribution in [0.2, 0.25) is 5.02 Å². The second-order valence-electron chi connectivity index (χ2n) is 3.88. The molecule has 100 valence electrons. The molecule has 0 heterocycles. The van der Waals surface area contributed by atoms with Crippen molar-refractivity contribution < 1.29 is 9.47 Å². The quantitative estimate of drug-likeness (QED) is 0.675. The van der Waals surface area contributed by atoms with E-state index in [1.165, 1.54) is 0 Å². The third-order valence-electron chi connectivity index (χ3n) is 2.52. The van der Waals surface area contributed by atoms with E-state index in [-0.39, 0.29) is 0 Å². The van der Waals surface area contributed by atoms with Crippen LogP contribution in [0.3, 0.4) is 0 Å². The van der Waals surface area contributed by atoms with Crippen LogP contribution in [0.15, 0.2) is 42.5 Å². The van der Waals surface area contributed by atoms with Gasteiger partial charge in [0.25, 0.3) is 0 Å². The predicted octanol–water partition coefficient (Wildman–Crippen LogP) is 5.43. The minimum Gasteiger partial charge on any atom is -0.490 e. The molecule has 2 nitrogen and oxygen atoms in total. The molecule has 4 heteroatoms. The average molecular weight is 342 g/mol. The summed E-state index contributed by atoms with van der Waals surface area (Å²) in [5.41, 5.74) is 1.11. The molecule has 0 N–H and O–H groups in total. The predicted molar refractivity (Wildman–Crippen MR) is 81.8 cm³/mol. The summed E-state index contributed by atoms with van der Waals surface area (Å²) in [5, 5.41) is 1.35. The highest BCUT2D eigenvalue weighted by atomic mass is 79.9. The number of alkyl halides is 1.